The maximum Gasteiger partial charge on any atom is 0.389 e. The molecule has 2 bridgehead atoms. The number of carbonyl (C=O) groups is 1. The van der Waals surface area contributed by atoms with Crippen molar-refractivity contribution < 1.29 is 26.4 Å². The molecule has 0 spiro atoms. The van der Waals surface area contributed by atoms with Crippen LogP contribution in [0, 0.1) is 11.3 Å². The molecule has 114 valence electrons. The van der Waals surface area contributed by atoms with Gasteiger partial charge in [0.2, 0.25) is 15.9 Å². The summed E-state index contributed by atoms with van der Waals surface area (Å²) in [6, 6.07) is 0. The highest BCUT2D eigenvalue weighted by molar-refractivity contribution is 7.90. The minimum atomic E-state index is -4.38. The van der Waals surface area contributed by atoms with Crippen molar-refractivity contribution in [3.8, 4) is 0 Å². The van der Waals surface area contributed by atoms with Crippen LogP contribution in [0.15, 0.2) is 12.2 Å². The summed E-state index contributed by atoms with van der Waals surface area (Å²) in [5, 5.41) is 0. The first-order chi connectivity index (χ1) is 9.12. The van der Waals surface area contributed by atoms with E-state index in [9.17, 15) is 26.4 Å². The van der Waals surface area contributed by atoms with Crippen molar-refractivity contribution in [3.05, 3.63) is 12.2 Å². The summed E-state index contributed by atoms with van der Waals surface area (Å²) in [6.07, 6.45) is -0.439. The van der Waals surface area contributed by atoms with Crippen LogP contribution in [0.2, 0.25) is 0 Å². The predicted octanol–water partition coefficient (Wildman–Crippen LogP) is 2.13. The van der Waals surface area contributed by atoms with Crippen molar-refractivity contribution in [1.82, 2.24) is 4.72 Å². The van der Waals surface area contributed by atoms with Crippen LogP contribution in [0.4, 0.5) is 13.2 Å². The number of hydrogen-bond donors (Lipinski definition) is 1. The van der Waals surface area contributed by atoms with Crippen molar-refractivity contribution >= 4 is 15.9 Å². The number of fused-ring (bicyclic) bond motifs is 2. The van der Waals surface area contributed by atoms with Crippen molar-refractivity contribution in [3.63, 3.8) is 0 Å². The van der Waals surface area contributed by atoms with Crippen LogP contribution in [0.25, 0.3) is 0 Å². The number of sulfonamides is 1. The molecule has 1 N–H and O–H groups in total. The van der Waals surface area contributed by atoms with Gasteiger partial charge in [-0.3, -0.25) is 9.52 Å². The van der Waals surface area contributed by atoms with E-state index >= 15 is 0 Å². The van der Waals surface area contributed by atoms with E-state index < -0.39 is 46.1 Å². The summed E-state index contributed by atoms with van der Waals surface area (Å²) < 4.78 is 61.1. The molecular formula is C12H16F3NO3S. The Balaban J connectivity index is 1.89. The molecule has 1 amide bonds. The van der Waals surface area contributed by atoms with Crippen LogP contribution in [0.1, 0.15) is 32.1 Å². The molecule has 2 aliphatic carbocycles. The van der Waals surface area contributed by atoms with Gasteiger partial charge in [0, 0.05) is 6.42 Å². The normalized spacial score (nSPS) is 28.9. The summed E-state index contributed by atoms with van der Waals surface area (Å²) in [5.41, 5.74) is -0.776. The number of hydrogen-bond acceptors (Lipinski definition) is 3. The zero-order valence-corrected chi connectivity index (χ0v) is 11.6. The van der Waals surface area contributed by atoms with Crippen LogP contribution in [-0.4, -0.2) is 26.3 Å². The Hall–Kier alpha value is -1.05. The molecule has 0 aromatic carbocycles. The molecule has 0 heterocycles. The molecule has 2 rings (SSSR count). The highest BCUT2D eigenvalue weighted by atomic mass is 32.2. The van der Waals surface area contributed by atoms with Crippen LogP contribution < -0.4 is 4.72 Å². The number of alkyl halides is 3. The van der Waals surface area contributed by atoms with E-state index in [0.29, 0.717) is 18.8 Å². The maximum absolute atomic E-state index is 12.0. The van der Waals surface area contributed by atoms with Gasteiger partial charge in [-0.25, -0.2) is 8.42 Å². The molecule has 20 heavy (non-hydrogen) atoms. The SMILES string of the molecule is O=C(NS(=O)(=O)CCCC(F)(F)F)C12C=CC(CC1)C2. The minimum absolute atomic E-state index is 0.314. The van der Waals surface area contributed by atoms with Gasteiger partial charge >= 0.3 is 6.18 Å². The lowest BCUT2D eigenvalue weighted by Gasteiger charge is -2.22. The first-order valence-electron chi connectivity index (χ1n) is 6.43. The van der Waals surface area contributed by atoms with Crippen molar-refractivity contribution in [2.75, 3.05) is 5.75 Å². The monoisotopic (exact) mass is 311 g/mol. The second-order valence-electron chi connectivity index (χ2n) is 5.49. The van der Waals surface area contributed by atoms with E-state index in [1.807, 2.05) is 10.8 Å². The number of carbonyl (C=O) groups excluding carboxylic acids is 1. The van der Waals surface area contributed by atoms with Gasteiger partial charge in [-0.05, 0) is 31.6 Å². The van der Waals surface area contributed by atoms with Crippen LogP contribution in [-0.2, 0) is 14.8 Å². The van der Waals surface area contributed by atoms with E-state index in [4.69, 9.17) is 0 Å². The molecule has 2 aliphatic rings. The third kappa shape index (κ3) is 3.53. The highest BCUT2D eigenvalue weighted by Crippen LogP contribution is 2.49. The lowest BCUT2D eigenvalue weighted by molar-refractivity contribution is -0.134. The zero-order valence-electron chi connectivity index (χ0n) is 10.7. The minimum Gasteiger partial charge on any atom is -0.273 e. The average molecular weight is 311 g/mol. The van der Waals surface area contributed by atoms with Gasteiger partial charge in [0.25, 0.3) is 0 Å². The number of rotatable bonds is 5. The van der Waals surface area contributed by atoms with Gasteiger partial charge in [0.15, 0.2) is 0 Å². The summed E-state index contributed by atoms with van der Waals surface area (Å²) >= 11 is 0. The van der Waals surface area contributed by atoms with Crippen molar-refractivity contribution in [2.45, 2.75) is 38.3 Å². The summed E-state index contributed by atoms with van der Waals surface area (Å²) in [5.74, 6) is -0.990. The Bertz CT molecular complexity index is 527. The molecule has 0 radical (unpaired) electrons. The van der Waals surface area contributed by atoms with Crippen molar-refractivity contribution in [2.24, 2.45) is 11.3 Å². The summed E-state index contributed by atoms with van der Waals surface area (Å²) in [7, 11) is -4.00. The Kier molecular flexibility index (Phi) is 3.88. The lowest BCUT2D eigenvalue weighted by Crippen LogP contribution is -2.41. The third-order valence-corrected chi connectivity index (χ3v) is 5.17. The predicted molar refractivity (Wildman–Crippen MR) is 66.1 cm³/mol. The smallest absolute Gasteiger partial charge is 0.273 e. The van der Waals surface area contributed by atoms with E-state index in [1.54, 1.807) is 6.08 Å². The fourth-order valence-electron chi connectivity index (χ4n) is 2.79. The lowest BCUT2D eigenvalue weighted by atomic mass is 9.87. The fraction of sp³-hybridized carbons (Fsp3) is 0.750. The molecule has 0 aromatic rings. The molecule has 8 heteroatoms. The van der Waals surface area contributed by atoms with Crippen molar-refractivity contribution in [1.29, 1.82) is 0 Å². The van der Waals surface area contributed by atoms with Gasteiger partial charge in [0.05, 0.1) is 11.2 Å². The highest BCUT2D eigenvalue weighted by Gasteiger charge is 2.47. The molecule has 2 unspecified atom stereocenters. The standard InChI is InChI=1S/C12H16F3NO3S/c13-12(14,15)4-1-7-20(18,19)16-10(17)11-5-2-9(8-11)3-6-11/h2,5,9H,1,3-4,6-8H2,(H,16,17). The Morgan fingerprint density at radius 2 is 2.10 bits per heavy atom. The Labute approximate surface area is 115 Å². The first kappa shape index (κ1) is 15.3. The molecule has 0 aromatic heterocycles. The van der Waals surface area contributed by atoms with Gasteiger partial charge in [-0.15, -0.1) is 0 Å². The van der Waals surface area contributed by atoms with Gasteiger partial charge < -0.3 is 0 Å². The van der Waals surface area contributed by atoms with Gasteiger partial charge in [-0.2, -0.15) is 13.2 Å². The quantitative estimate of drug-likeness (QED) is 0.791. The largest absolute Gasteiger partial charge is 0.389 e. The molecule has 0 aliphatic heterocycles. The van der Waals surface area contributed by atoms with E-state index in [1.165, 1.54) is 0 Å². The fourth-order valence-corrected chi connectivity index (χ4v) is 3.90. The van der Waals surface area contributed by atoms with Gasteiger partial charge in [0.1, 0.15) is 0 Å². The second kappa shape index (κ2) is 5.05. The topological polar surface area (TPSA) is 63.2 Å². The van der Waals surface area contributed by atoms with E-state index in [-0.39, 0.29) is 0 Å². The zero-order chi connectivity index (χ0) is 15.0. The molecule has 2 atom stereocenters. The Morgan fingerprint density at radius 1 is 1.40 bits per heavy atom. The first-order valence-corrected chi connectivity index (χ1v) is 8.08. The molecule has 0 saturated heterocycles. The van der Waals surface area contributed by atoms with Gasteiger partial charge in [-0.1, -0.05) is 12.2 Å². The van der Waals surface area contributed by atoms with E-state index in [0.717, 1.165) is 6.42 Å². The Morgan fingerprint density at radius 3 is 2.55 bits per heavy atom. The summed E-state index contributed by atoms with van der Waals surface area (Å²) in [6.45, 7) is 0. The third-order valence-electron chi connectivity index (χ3n) is 3.85. The molecule has 1 fully saturated rings. The van der Waals surface area contributed by atoms with Crippen LogP contribution in [0.5, 0.6) is 0 Å². The van der Waals surface area contributed by atoms with E-state index in [2.05, 4.69) is 0 Å². The average Bonchev–Trinajstić information content (AvgIpc) is 2.87. The summed E-state index contributed by atoms with van der Waals surface area (Å²) in [4.78, 5) is 12.0. The second-order valence-corrected chi connectivity index (χ2v) is 7.33. The van der Waals surface area contributed by atoms with Crippen LogP contribution >= 0.6 is 0 Å². The number of halogens is 3. The molecule has 1 saturated carbocycles. The molecule has 4 nitrogen and oxygen atoms in total. The molecular weight excluding hydrogens is 295 g/mol. The van der Waals surface area contributed by atoms with Crippen LogP contribution in [0.3, 0.4) is 0 Å². The number of allylic oxidation sites excluding steroid dienone is 1. The maximum atomic E-state index is 12.0. The number of amides is 1. The number of nitrogens with one attached hydrogen (secondary N) is 1.